The molecule has 10 nitrogen and oxygen atoms in total. The average Bonchev–Trinajstić information content (AvgIpc) is 3.29. The third-order valence-corrected chi connectivity index (χ3v) is 7.15. The lowest BCUT2D eigenvalue weighted by Crippen LogP contribution is -2.30. The standard InChI is InChI=1S/C20H21N5O5S2/c1-3-25(4-2)32(28,29)15-8-5-7-14(11-15)23-17(26)12-30-20(27)16-13-31-19(24-16)18-21-9-6-10-22-18/h5-11,13H,3-4,12H2,1-2H3,(H,23,26). The predicted molar refractivity (Wildman–Crippen MR) is 119 cm³/mol. The van der Waals surface area contributed by atoms with E-state index in [9.17, 15) is 18.0 Å². The zero-order chi connectivity index (χ0) is 23.1. The molecule has 0 atom stereocenters. The van der Waals surface area contributed by atoms with Crippen molar-refractivity contribution in [1.29, 1.82) is 0 Å². The molecule has 0 aliphatic heterocycles. The number of ether oxygens (including phenoxy) is 1. The molecular formula is C20H21N5O5S2. The summed E-state index contributed by atoms with van der Waals surface area (Å²) in [6.07, 6.45) is 3.13. The molecule has 1 N–H and O–H groups in total. The van der Waals surface area contributed by atoms with Gasteiger partial charge in [-0.05, 0) is 24.3 Å². The first-order valence-electron chi connectivity index (χ1n) is 9.65. The van der Waals surface area contributed by atoms with Gasteiger partial charge in [-0.3, -0.25) is 4.79 Å². The number of carbonyl (C=O) groups excluding carboxylic acids is 2. The Bertz CT molecular complexity index is 1190. The molecule has 0 unspecified atom stereocenters. The average molecular weight is 476 g/mol. The summed E-state index contributed by atoms with van der Waals surface area (Å²) in [4.78, 5) is 36.7. The fourth-order valence-corrected chi connectivity index (χ4v) is 4.97. The van der Waals surface area contributed by atoms with Crippen LogP contribution in [-0.4, -0.2) is 59.2 Å². The normalized spacial score (nSPS) is 11.3. The van der Waals surface area contributed by atoms with Crippen molar-refractivity contribution < 1.29 is 22.7 Å². The lowest BCUT2D eigenvalue weighted by atomic mass is 10.3. The maximum Gasteiger partial charge on any atom is 0.358 e. The number of aromatic nitrogens is 3. The molecule has 0 saturated carbocycles. The molecule has 3 rings (SSSR count). The molecule has 168 valence electrons. The predicted octanol–water partition coefficient (Wildman–Crippen LogP) is 2.43. The Hall–Kier alpha value is -3.22. The second-order valence-corrected chi connectivity index (χ2v) is 9.15. The van der Waals surface area contributed by atoms with Gasteiger partial charge in [0.05, 0.1) is 4.90 Å². The van der Waals surface area contributed by atoms with Crippen LogP contribution in [0.2, 0.25) is 0 Å². The van der Waals surface area contributed by atoms with Crippen molar-refractivity contribution in [1.82, 2.24) is 19.3 Å². The molecule has 0 aliphatic rings. The third kappa shape index (κ3) is 5.52. The van der Waals surface area contributed by atoms with Gasteiger partial charge in [-0.25, -0.2) is 28.2 Å². The Labute approximate surface area is 189 Å². The SMILES string of the molecule is CCN(CC)S(=O)(=O)c1cccc(NC(=O)COC(=O)c2csc(-c3ncccn3)n2)c1. The number of sulfonamides is 1. The highest BCUT2D eigenvalue weighted by Crippen LogP contribution is 2.21. The molecule has 0 saturated heterocycles. The molecule has 3 aromatic rings. The number of esters is 1. The van der Waals surface area contributed by atoms with Gasteiger partial charge in [0, 0.05) is 36.6 Å². The summed E-state index contributed by atoms with van der Waals surface area (Å²) < 4.78 is 31.6. The minimum absolute atomic E-state index is 0.0394. The van der Waals surface area contributed by atoms with E-state index in [4.69, 9.17) is 4.74 Å². The van der Waals surface area contributed by atoms with E-state index in [-0.39, 0.29) is 16.3 Å². The molecule has 2 heterocycles. The van der Waals surface area contributed by atoms with Gasteiger partial charge in [-0.1, -0.05) is 19.9 Å². The first-order chi connectivity index (χ1) is 15.3. The zero-order valence-corrected chi connectivity index (χ0v) is 19.0. The molecule has 0 bridgehead atoms. The topological polar surface area (TPSA) is 131 Å². The van der Waals surface area contributed by atoms with E-state index in [0.29, 0.717) is 23.9 Å². The van der Waals surface area contributed by atoms with Crippen molar-refractivity contribution in [3.63, 3.8) is 0 Å². The highest BCUT2D eigenvalue weighted by molar-refractivity contribution is 7.89. The van der Waals surface area contributed by atoms with E-state index in [1.165, 1.54) is 39.2 Å². The second kappa shape index (κ2) is 10.4. The number of benzene rings is 1. The van der Waals surface area contributed by atoms with E-state index in [2.05, 4.69) is 20.3 Å². The van der Waals surface area contributed by atoms with Crippen molar-refractivity contribution in [2.45, 2.75) is 18.7 Å². The number of nitrogens with one attached hydrogen (secondary N) is 1. The molecule has 1 aromatic carbocycles. The molecule has 2 aromatic heterocycles. The maximum absolute atomic E-state index is 12.6. The van der Waals surface area contributed by atoms with Crippen LogP contribution in [0.25, 0.3) is 10.8 Å². The van der Waals surface area contributed by atoms with E-state index in [0.717, 1.165) is 0 Å². The number of thiazole rings is 1. The summed E-state index contributed by atoms with van der Waals surface area (Å²) in [6, 6.07) is 7.56. The fourth-order valence-electron chi connectivity index (χ4n) is 2.73. The van der Waals surface area contributed by atoms with Crippen molar-refractivity contribution >= 4 is 38.9 Å². The summed E-state index contributed by atoms with van der Waals surface area (Å²) in [7, 11) is -3.66. The van der Waals surface area contributed by atoms with Gasteiger partial charge in [0.2, 0.25) is 10.0 Å². The Balaban J connectivity index is 1.60. The van der Waals surface area contributed by atoms with E-state index >= 15 is 0 Å². The largest absolute Gasteiger partial charge is 0.451 e. The van der Waals surface area contributed by atoms with Crippen LogP contribution in [0.1, 0.15) is 24.3 Å². The maximum atomic E-state index is 12.6. The lowest BCUT2D eigenvalue weighted by Gasteiger charge is -2.18. The monoisotopic (exact) mass is 475 g/mol. The number of rotatable bonds is 9. The van der Waals surface area contributed by atoms with Gasteiger partial charge in [-0.15, -0.1) is 11.3 Å². The summed E-state index contributed by atoms with van der Waals surface area (Å²) in [6.45, 7) is 3.61. The van der Waals surface area contributed by atoms with Gasteiger partial charge in [-0.2, -0.15) is 4.31 Å². The number of nitrogens with zero attached hydrogens (tertiary/aromatic N) is 4. The fraction of sp³-hybridized carbons (Fsp3) is 0.250. The molecule has 32 heavy (non-hydrogen) atoms. The number of carbonyl (C=O) groups is 2. The number of amides is 1. The molecular weight excluding hydrogens is 454 g/mol. The zero-order valence-electron chi connectivity index (χ0n) is 17.4. The molecule has 0 radical (unpaired) electrons. The van der Waals surface area contributed by atoms with Crippen LogP contribution in [0.4, 0.5) is 5.69 Å². The molecule has 1 amide bonds. The first kappa shape index (κ1) is 23.4. The Morgan fingerprint density at radius 2 is 1.84 bits per heavy atom. The molecule has 0 spiro atoms. The second-order valence-electron chi connectivity index (χ2n) is 6.35. The van der Waals surface area contributed by atoms with Gasteiger partial charge >= 0.3 is 5.97 Å². The van der Waals surface area contributed by atoms with Crippen LogP contribution in [0, 0.1) is 0 Å². The lowest BCUT2D eigenvalue weighted by molar-refractivity contribution is -0.119. The van der Waals surface area contributed by atoms with Crippen molar-refractivity contribution in [2.24, 2.45) is 0 Å². The minimum Gasteiger partial charge on any atom is -0.451 e. The first-order valence-corrected chi connectivity index (χ1v) is 12.0. The summed E-state index contributed by atoms with van der Waals surface area (Å²) in [5, 5.41) is 4.48. The van der Waals surface area contributed by atoms with Crippen molar-refractivity contribution in [2.75, 3.05) is 25.0 Å². The Kier molecular flexibility index (Phi) is 7.62. The van der Waals surface area contributed by atoms with E-state index in [1.807, 2.05) is 0 Å². The van der Waals surface area contributed by atoms with Crippen molar-refractivity contribution in [3.8, 4) is 10.8 Å². The van der Waals surface area contributed by atoms with Gasteiger partial charge in [0.1, 0.15) is 0 Å². The van der Waals surface area contributed by atoms with E-state index < -0.39 is 28.5 Å². The summed E-state index contributed by atoms with van der Waals surface area (Å²) >= 11 is 1.18. The summed E-state index contributed by atoms with van der Waals surface area (Å²) in [5.41, 5.74) is 0.314. The minimum atomic E-state index is -3.66. The van der Waals surface area contributed by atoms with Crippen LogP contribution in [0.15, 0.2) is 53.0 Å². The third-order valence-electron chi connectivity index (χ3n) is 4.27. The number of anilines is 1. The van der Waals surface area contributed by atoms with Crippen LogP contribution >= 0.6 is 11.3 Å². The highest BCUT2D eigenvalue weighted by Gasteiger charge is 2.22. The molecule has 12 heteroatoms. The van der Waals surface area contributed by atoms with Crippen LogP contribution in [0.5, 0.6) is 0 Å². The Morgan fingerprint density at radius 1 is 1.12 bits per heavy atom. The molecule has 0 aliphatic carbocycles. The van der Waals surface area contributed by atoms with Gasteiger partial charge in [0.15, 0.2) is 23.1 Å². The van der Waals surface area contributed by atoms with Crippen LogP contribution < -0.4 is 5.32 Å². The smallest absolute Gasteiger partial charge is 0.358 e. The van der Waals surface area contributed by atoms with E-state index in [1.54, 1.807) is 38.4 Å². The summed E-state index contributed by atoms with van der Waals surface area (Å²) in [5.74, 6) is -0.997. The van der Waals surface area contributed by atoms with Crippen LogP contribution in [-0.2, 0) is 19.6 Å². The van der Waals surface area contributed by atoms with Crippen molar-refractivity contribution in [3.05, 3.63) is 53.8 Å². The number of hydrogen-bond donors (Lipinski definition) is 1. The van der Waals surface area contributed by atoms with Crippen LogP contribution in [0.3, 0.4) is 0 Å². The highest BCUT2D eigenvalue weighted by atomic mass is 32.2. The molecule has 0 fully saturated rings. The number of hydrogen-bond acceptors (Lipinski definition) is 9. The Morgan fingerprint density at radius 3 is 2.53 bits per heavy atom. The van der Waals surface area contributed by atoms with Gasteiger partial charge in [0.25, 0.3) is 5.91 Å². The van der Waals surface area contributed by atoms with Gasteiger partial charge < -0.3 is 10.1 Å². The quantitative estimate of drug-likeness (QED) is 0.467.